The maximum atomic E-state index is 3.46. The van der Waals surface area contributed by atoms with Gasteiger partial charge in [0.1, 0.15) is 0 Å². The Labute approximate surface area is 77.6 Å². The zero-order valence-corrected chi connectivity index (χ0v) is 9.88. The van der Waals surface area contributed by atoms with E-state index in [0.29, 0.717) is 6.04 Å². The summed E-state index contributed by atoms with van der Waals surface area (Å²) in [7, 11) is 1.24. The van der Waals surface area contributed by atoms with Gasteiger partial charge in [0.15, 0.2) is 0 Å². The summed E-state index contributed by atoms with van der Waals surface area (Å²) in [6, 6.07) is 11.3. The average Bonchev–Trinajstić information content (AvgIpc) is 2.06. The third-order valence-electron chi connectivity index (χ3n) is 1.94. The third-order valence-corrected chi connectivity index (χ3v) is 2.35. The van der Waals surface area contributed by atoms with Gasteiger partial charge in [-0.05, 0) is 25.1 Å². The second-order valence-corrected chi connectivity index (χ2v) is 3.86. The first-order chi connectivity index (χ1) is 5.83. The first-order valence-corrected chi connectivity index (χ1v) is 6.01. The first-order valence-electron chi connectivity index (χ1n) is 4.60. The zero-order chi connectivity index (χ0) is 8.81. The highest BCUT2D eigenvalue weighted by Crippen LogP contribution is 2.01. The molecule has 0 heterocycles. The molecule has 1 rings (SSSR count). The summed E-state index contributed by atoms with van der Waals surface area (Å²) in [6.07, 6.45) is 2.33. The van der Waals surface area contributed by atoms with E-state index in [1.165, 1.54) is 22.0 Å². The predicted molar refractivity (Wildman–Crippen MR) is 57.5 cm³/mol. The van der Waals surface area contributed by atoms with Gasteiger partial charge in [0.25, 0.3) is 0 Å². The molecule has 1 aromatic carbocycles. The molecule has 0 bridgehead atoms. The molecule has 0 aliphatic carbocycles. The van der Waals surface area contributed by atoms with Crippen molar-refractivity contribution in [3.63, 3.8) is 0 Å². The molecule has 0 aromatic heterocycles. The van der Waals surface area contributed by atoms with E-state index in [2.05, 4.69) is 42.6 Å². The van der Waals surface area contributed by atoms with Gasteiger partial charge in [0, 0.05) is 16.3 Å². The lowest BCUT2D eigenvalue weighted by Gasteiger charge is -2.11. The minimum absolute atomic E-state index is 0.616. The normalized spacial score (nSPS) is 13.1. The lowest BCUT2D eigenvalue weighted by atomic mass is 10.1. The van der Waals surface area contributed by atoms with Crippen molar-refractivity contribution >= 4 is 10.2 Å². The summed E-state index contributed by atoms with van der Waals surface area (Å²) in [5.74, 6) is 0. The molecule has 0 aliphatic heterocycles. The van der Waals surface area contributed by atoms with Gasteiger partial charge in [0.2, 0.25) is 0 Å². The summed E-state index contributed by atoms with van der Waals surface area (Å²) in [6.45, 7) is 2.24. The van der Waals surface area contributed by atoms with Gasteiger partial charge in [-0.2, -0.15) is 0 Å². The van der Waals surface area contributed by atoms with Gasteiger partial charge in [-0.1, -0.05) is 30.3 Å². The van der Waals surface area contributed by atoms with Gasteiger partial charge in [-0.15, -0.1) is 0 Å². The smallest absolute Gasteiger partial charge is 0.0201 e. The SMILES string of the molecule is CC(Cc1ccccc1)NC[SiH3]. The van der Waals surface area contributed by atoms with Gasteiger partial charge >= 0.3 is 0 Å². The number of hydrogen-bond donors (Lipinski definition) is 1. The number of benzene rings is 1. The highest BCUT2D eigenvalue weighted by molar-refractivity contribution is 6.08. The van der Waals surface area contributed by atoms with E-state index < -0.39 is 0 Å². The molecule has 0 amide bonds. The highest BCUT2D eigenvalue weighted by Gasteiger charge is 1.99. The molecular weight excluding hydrogens is 162 g/mol. The summed E-state index contributed by atoms with van der Waals surface area (Å²) in [5, 5.41) is 3.46. The Kier molecular flexibility index (Phi) is 4.04. The summed E-state index contributed by atoms with van der Waals surface area (Å²) >= 11 is 0. The van der Waals surface area contributed by atoms with Crippen molar-refractivity contribution in [3.8, 4) is 0 Å². The van der Waals surface area contributed by atoms with Gasteiger partial charge < -0.3 is 5.32 Å². The van der Waals surface area contributed by atoms with E-state index in [1.54, 1.807) is 0 Å². The molecule has 0 aliphatic rings. The van der Waals surface area contributed by atoms with Crippen molar-refractivity contribution in [3.05, 3.63) is 35.9 Å². The first kappa shape index (κ1) is 9.48. The van der Waals surface area contributed by atoms with Crippen LogP contribution >= 0.6 is 0 Å². The molecule has 1 unspecified atom stereocenters. The van der Waals surface area contributed by atoms with Crippen LogP contribution in [0.4, 0.5) is 0 Å². The molecular formula is C10H17NSi. The maximum absolute atomic E-state index is 3.46. The van der Waals surface area contributed by atoms with Crippen molar-refractivity contribution < 1.29 is 0 Å². The lowest BCUT2D eigenvalue weighted by molar-refractivity contribution is 0.595. The molecule has 0 saturated carbocycles. The largest absolute Gasteiger partial charge is 0.318 e. The second kappa shape index (κ2) is 5.12. The fraction of sp³-hybridized carbons (Fsp3) is 0.400. The van der Waals surface area contributed by atoms with Crippen molar-refractivity contribution in [2.24, 2.45) is 0 Å². The van der Waals surface area contributed by atoms with Crippen LogP contribution in [0.15, 0.2) is 30.3 Å². The van der Waals surface area contributed by atoms with E-state index >= 15 is 0 Å². The Bertz CT molecular complexity index is 210. The van der Waals surface area contributed by atoms with Crippen LogP contribution in [-0.4, -0.2) is 22.5 Å². The van der Waals surface area contributed by atoms with Gasteiger partial charge in [0.05, 0.1) is 0 Å². The van der Waals surface area contributed by atoms with Gasteiger partial charge in [-0.3, -0.25) is 0 Å². The molecule has 1 atom stereocenters. The van der Waals surface area contributed by atoms with Crippen LogP contribution in [-0.2, 0) is 6.42 Å². The minimum Gasteiger partial charge on any atom is -0.318 e. The van der Waals surface area contributed by atoms with Crippen molar-refractivity contribution in [1.82, 2.24) is 5.32 Å². The topological polar surface area (TPSA) is 12.0 Å². The van der Waals surface area contributed by atoms with E-state index in [1.807, 2.05) is 0 Å². The Hall–Kier alpha value is -0.603. The zero-order valence-electron chi connectivity index (χ0n) is 7.88. The van der Waals surface area contributed by atoms with Crippen LogP contribution in [0.2, 0.25) is 0 Å². The Morgan fingerprint density at radius 1 is 1.33 bits per heavy atom. The molecule has 66 valence electrons. The van der Waals surface area contributed by atoms with Crippen LogP contribution in [0, 0.1) is 0 Å². The Morgan fingerprint density at radius 2 is 2.00 bits per heavy atom. The van der Waals surface area contributed by atoms with E-state index in [4.69, 9.17) is 0 Å². The summed E-state index contributed by atoms with van der Waals surface area (Å²) < 4.78 is 0. The van der Waals surface area contributed by atoms with Crippen LogP contribution in [0.25, 0.3) is 0 Å². The molecule has 12 heavy (non-hydrogen) atoms. The molecule has 1 N–H and O–H groups in total. The van der Waals surface area contributed by atoms with E-state index in [9.17, 15) is 0 Å². The molecule has 2 heteroatoms. The molecule has 0 fully saturated rings. The van der Waals surface area contributed by atoms with Crippen molar-refractivity contribution in [2.75, 3.05) is 6.17 Å². The van der Waals surface area contributed by atoms with Crippen LogP contribution in [0.5, 0.6) is 0 Å². The van der Waals surface area contributed by atoms with Crippen molar-refractivity contribution in [1.29, 1.82) is 0 Å². The van der Waals surface area contributed by atoms with Crippen LogP contribution < -0.4 is 5.32 Å². The number of nitrogens with one attached hydrogen (secondary N) is 1. The summed E-state index contributed by atoms with van der Waals surface area (Å²) in [5.41, 5.74) is 1.42. The third kappa shape index (κ3) is 3.20. The minimum atomic E-state index is 0.616. The maximum Gasteiger partial charge on any atom is 0.0201 e. The van der Waals surface area contributed by atoms with Crippen LogP contribution in [0.1, 0.15) is 12.5 Å². The fourth-order valence-corrected chi connectivity index (χ4v) is 2.09. The fourth-order valence-electron chi connectivity index (χ4n) is 1.39. The number of rotatable bonds is 4. The number of hydrogen-bond acceptors (Lipinski definition) is 1. The molecule has 1 aromatic rings. The Morgan fingerprint density at radius 3 is 2.58 bits per heavy atom. The standard InChI is InChI=1S/C10H17NSi/c1-9(11-8-12)7-10-5-3-2-4-6-10/h2-6,9,11H,7-8H2,1,12H3. The van der Waals surface area contributed by atoms with Gasteiger partial charge in [-0.25, -0.2) is 0 Å². The molecule has 0 radical (unpaired) electrons. The quantitative estimate of drug-likeness (QED) is 0.665. The lowest BCUT2D eigenvalue weighted by Crippen LogP contribution is -2.28. The van der Waals surface area contributed by atoms with E-state index in [0.717, 1.165) is 6.42 Å². The highest BCUT2D eigenvalue weighted by atomic mass is 28.1. The molecule has 0 spiro atoms. The molecule has 1 nitrogen and oxygen atoms in total. The van der Waals surface area contributed by atoms with E-state index in [-0.39, 0.29) is 0 Å². The van der Waals surface area contributed by atoms with Crippen molar-refractivity contribution in [2.45, 2.75) is 19.4 Å². The molecule has 0 saturated heterocycles. The Balaban J connectivity index is 2.41. The monoisotopic (exact) mass is 179 g/mol. The van der Waals surface area contributed by atoms with Crippen LogP contribution in [0.3, 0.4) is 0 Å². The average molecular weight is 179 g/mol. The predicted octanol–water partition coefficient (Wildman–Crippen LogP) is 0.530. The summed E-state index contributed by atoms with van der Waals surface area (Å²) in [4.78, 5) is 0. The second-order valence-electron chi connectivity index (χ2n) is 3.15.